The molecule has 0 spiro atoms. The van der Waals surface area contributed by atoms with Gasteiger partial charge >= 0.3 is 0 Å². The first-order valence-electron chi connectivity index (χ1n) is 8.87. The molecule has 0 radical (unpaired) electrons. The number of fused-ring (bicyclic) bond motifs is 3. The fourth-order valence-electron chi connectivity index (χ4n) is 4.10. The number of benzene rings is 2. The molecule has 1 aliphatic rings. The highest BCUT2D eigenvalue weighted by Crippen LogP contribution is 2.39. The largest absolute Gasteiger partial charge is 0.455 e. The van der Waals surface area contributed by atoms with E-state index in [0.717, 1.165) is 51.6 Å². The van der Waals surface area contributed by atoms with Crippen molar-refractivity contribution in [2.45, 2.75) is 31.6 Å². The molecule has 4 aromatic rings. The summed E-state index contributed by atoms with van der Waals surface area (Å²) in [5.41, 5.74) is 4.19. The lowest BCUT2D eigenvalue weighted by atomic mass is 9.96. The molecule has 2 aromatic heterocycles. The molecule has 0 unspecified atom stereocenters. The van der Waals surface area contributed by atoms with Crippen molar-refractivity contribution in [1.82, 2.24) is 4.98 Å². The van der Waals surface area contributed by atoms with Gasteiger partial charge < -0.3 is 4.42 Å². The molecule has 1 aliphatic carbocycles. The smallest absolute Gasteiger partial charge is 0.144 e. The molecule has 2 nitrogen and oxygen atoms in total. The van der Waals surface area contributed by atoms with Crippen LogP contribution < -0.4 is 0 Å². The van der Waals surface area contributed by atoms with Crippen LogP contribution in [0.5, 0.6) is 0 Å². The number of halogens is 1. The molecule has 124 valence electrons. The third-order valence-electron chi connectivity index (χ3n) is 5.36. The first kappa shape index (κ1) is 14.6. The number of rotatable bonds is 2. The SMILES string of the molecule is Fc1cnc(-c2cccc3c2oc2ccccc23)cc1C1CCCC1. The summed E-state index contributed by atoms with van der Waals surface area (Å²) in [4.78, 5) is 4.37. The van der Waals surface area contributed by atoms with Crippen molar-refractivity contribution in [1.29, 1.82) is 0 Å². The molecule has 2 heterocycles. The van der Waals surface area contributed by atoms with Crippen molar-refractivity contribution < 1.29 is 8.81 Å². The number of hydrogen-bond acceptors (Lipinski definition) is 2. The fraction of sp³-hybridized carbons (Fsp3) is 0.227. The third kappa shape index (κ3) is 2.34. The number of furan rings is 1. The van der Waals surface area contributed by atoms with E-state index < -0.39 is 0 Å². The lowest BCUT2D eigenvalue weighted by Crippen LogP contribution is -1.99. The quantitative estimate of drug-likeness (QED) is 0.422. The Balaban J connectivity index is 1.72. The zero-order chi connectivity index (χ0) is 16.8. The lowest BCUT2D eigenvalue weighted by molar-refractivity contribution is 0.575. The summed E-state index contributed by atoms with van der Waals surface area (Å²) in [6, 6.07) is 16.0. The molecule has 0 N–H and O–H groups in total. The minimum absolute atomic E-state index is 0.188. The Kier molecular flexibility index (Phi) is 3.34. The van der Waals surface area contributed by atoms with Crippen LogP contribution in [0.1, 0.15) is 37.2 Å². The summed E-state index contributed by atoms with van der Waals surface area (Å²) < 4.78 is 20.4. The van der Waals surface area contributed by atoms with Crippen LogP contribution in [-0.4, -0.2) is 4.98 Å². The van der Waals surface area contributed by atoms with Gasteiger partial charge in [-0.1, -0.05) is 43.2 Å². The van der Waals surface area contributed by atoms with Crippen LogP contribution in [0.3, 0.4) is 0 Å². The van der Waals surface area contributed by atoms with Crippen molar-refractivity contribution in [2.75, 3.05) is 0 Å². The zero-order valence-corrected chi connectivity index (χ0v) is 13.8. The Morgan fingerprint density at radius 2 is 1.76 bits per heavy atom. The van der Waals surface area contributed by atoms with Crippen LogP contribution in [0.4, 0.5) is 4.39 Å². The van der Waals surface area contributed by atoms with Crippen LogP contribution in [0.25, 0.3) is 33.2 Å². The first-order chi connectivity index (χ1) is 12.3. The number of para-hydroxylation sites is 2. The molecule has 2 aromatic carbocycles. The maximum absolute atomic E-state index is 14.3. The van der Waals surface area contributed by atoms with Crippen LogP contribution >= 0.6 is 0 Å². The second-order valence-electron chi connectivity index (χ2n) is 6.85. The minimum Gasteiger partial charge on any atom is -0.455 e. The second kappa shape index (κ2) is 5.69. The summed E-state index contributed by atoms with van der Waals surface area (Å²) in [5.74, 6) is 0.129. The zero-order valence-electron chi connectivity index (χ0n) is 13.8. The van der Waals surface area contributed by atoms with Gasteiger partial charge in [-0.2, -0.15) is 0 Å². The molecule has 3 heteroatoms. The van der Waals surface area contributed by atoms with E-state index in [-0.39, 0.29) is 5.82 Å². The van der Waals surface area contributed by atoms with Crippen LogP contribution in [0.2, 0.25) is 0 Å². The highest BCUT2D eigenvalue weighted by Gasteiger charge is 2.22. The first-order valence-corrected chi connectivity index (χ1v) is 8.87. The van der Waals surface area contributed by atoms with Crippen molar-refractivity contribution in [3.63, 3.8) is 0 Å². The molecule has 0 saturated heterocycles. The Hall–Kier alpha value is -2.68. The molecule has 0 bridgehead atoms. The van der Waals surface area contributed by atoms with Crippen LogP contribution in [0.15, 0.2) is 59.1 Å². The van der Waals surface area contributed by atoms with Gasteiger partial charge in [0.2, 0.25) is 0 Å². The van der Waals surface area contributed by atoms with Gasteiger partial charge in [0.25, 0.3) is 0 Å². The Labute approximate surface area is 145 Å². The van der Waals surface area contributed by atoms with Gasteiger partial charge in [0, 0.05) is 16.3 Å². The van der Waals surface area contributed by atoms with E-state index >= 15 is 0 Å². The van der Waals surface area contributed by atoms with Crippen molar-refractivity contribution in [3.05, 3.63) is 66.1 Å². The van der Waals surface area contributed by atoms with E-state index in [1.807, 2.05) is 36.4 Å². The summed E-state index contributed by atoms with van der Waals surface area (Å²) in [6.45, 7) is 0. The molecule has 25 heavy (non-hydrogen) atoms. The van der Waals surface area contributed by atoms with Crippen molar-refractivity contribution >= 4 is 21.9 Å². The van der Waals surface area contributed by atoms with Crippen molar-refractivity contribution in [2.24, 2.45) is 0 Å². The molecule has 1 saturated carbocycles. The van der Waals surface area contributed by atoms with Gasteiger partial charge in [-0.3, -0.25) is 4.98 Å². The van der Waals surface area contributed by atoms with E-state index in [4.69, 9.17) is 4.42 Å². The van der Waals surface area contributed by atoms with Gasteiger partial charge in [-0.15, -0.1) is 0 Å². The molecule has 0 amide bonds. The molecule has 1 fully saturated rings. The van der Waals surface area contributed by atoms with Gasteiger partial charge in [0.1, 0.15) is 17.0 Å². The monoisotopic (exact) mass is 331 g/mol. The summed E-state index contributed by atoms with van der Waals surface area (Å²) >= 11 is 0. The summed E-state index contributed by atoms with van der Waals surface area (Å²) in [7, 11) is 0. The maximum atomic E-state index is 14.3. The van der Waals surface area contributed by atoms with Crippen molar-refractivity contribution in [3.8, 4) is 11.3 Å². The molecular weight excluding hydrogens is 313 g/mol. The fourth-order valence-corrected chi connectivity index (χ4v) is 4.10. The minimum atomic E-state index is -0.188. The normalized spacial score (nSPS) is 15.4. The molecule has 5 rings (SSSR count). The Bertz CT molecular complexity index is 1080. The Morgan fingerprint density at radius 1 is 0.960 bits per heavy atom. The number of pyridine rings is 1. The van der Waals surface area contributed by atoms with Crippen LogP contribution in [0, 0.1) is 5.82 Å². The average Bonchev–Trinajstić information content (AvgIpc) is 3.30. The second-order valence-corrected chi connectivity index (χ2v) is 6.85. The van der Waals surface area contributed by atoms with E-state index in [1.54, 1.807) is 0 Å². The highest BCUT2D eigenvalue weighted by atomic mass is 19.1. The van der Waals surface area contributed by atoms with E-state index in [1.165, 1.54) is 19.0 Å². The number of hydrogen-bond donors (Lipinski definition) is 0. The predicted octanol–water partition coefficient (Wildman–Crippen LogP) is 6.44. The standard InChI is InChI=1S/C22H18FNO/c23-19-13-24-20(12-18(19)14-6-1-2-7-14)17-10-5-9-16-15-8-3-4-11-21(15)25-22(16)17/h3-5,8-14H,1-2,6-7H2. The van der Waals surface area contributed by atoms with E-state index in [0.29, 0.717) is 5.92 Å². The lowest BCUT2D eigenvalue weighted by Gasteiger charge is -2.12. The van der Waals surface area contributed by atoms with E-state index in [2.05, 4.69) is 17.1 Å². The topological polar surface area (TPSA) is 26.0 Å². The van der Waals surface area contributed by atoms with Gasteiger partial charge in [0.15, 0.2) is 0 Å². The third-order valence-corrected chi connectivity index (χ3v) is 5.36. The number of aromatic nitrogens is 1. The average molecular weight is 331 g/mol. The van der Waals surface area contributed by atoms with Gasteiger partial charge in [0.05, 0.1) is 11.9 Å². The maximum Gasteiger partial charge on any atom is 0.144 e. The van der Waals surface area contributed by atoms with E-state index in [9.17, 15) is 4.39 Å². The van der Waals surface area contributed by atoms with Gasteiger partial charge in [-0.25, -0.2) is 4.39 Å². The van der Waals surface area contributed by atoms with Gasteiger partial charge in [-0.05, 0) is 42.5 Å². The summed E-state index contributed by atoms with van der Waals surface area (Å²) in [6.07, 6.45) is 5.86. The van der Waals surface area contributed by atoms with Crippen LogP contribution in [-0.2, 0) is 0 Å². The molecular formula is C22H18FNO. The molecule has 0 atom stereocenters. The predicted molar refractivity (Wildman–Crippen MR) is 98.1 cm³/mol. The Morgan fingerprint density at radius 3 is 2.64 bits per heavy atom. The molecule has 0 aliphatic heterocycles. The number of nitrogens with zero attached hydrogens (tertiary/aromatic N) is 1. The summed E-state index contributed by atoms with van der Waals surface area (Å²) in [5, 5.41) is 2.17. The highest BCUT2D eigenvalue weighted by molar-refractivity contribution is 6.09.